The highest BCUT2D eigenvalue weighted by atomic mass is 16.5. The molecule has 0 fully saturated rings. The molecule has 0 aliphatic carbocycles. The Morgan fingerprint density at radius 1 is 1.39 bits per heavy atom. The van der Waals surface area contributed by atoms with Crippen LogP contribution in [0.25, 0.3) is 0 Å². The first-order valence-corrected chi connectivity index (χ1v) is 5.50. The van der Waals surface area contributed by atoms with E-state index < -0.39 is 5.97 Å². The maximum Gasteiger partial charge on any atom is 0.354 e. The molecule has 0 amide bonds. The molecule has 1 heterocycles. The molecule has 1 aromatic heterocycles. The lowest BCUT2D eigenvalue weighted by atomic mass is 10.2. The molecule has 0 unspecified atom stereocenters. The van der Waals surface area contributed by atoms with E-state index in [-0.39, 0.29) is 5.69 Å². The predicted octanol–water partition coefficient (Wildman–Crippen LogP) is 1.95. The fourth-order valence-corrected chi connectivity index (χ4v) is 1.78. The number of aromatic carboxylic acids is 1. The maximum atomic E-state index is 11.1. The van der Waals surface area contributed by atoms with Crippen molar-refractivity contribution in [3.63, 3.8) is 0 Å². The van der Waals surface area contributed by atoms with E-state index in [1.807, 2.05) is 24.3 Å². The van der Waals surface area contributed by atoms with Crippen LogP contribution in [0.4, 0.5) is 0 Å². The summed E-state index contributed by atoms with van der Waals surface area (Å²) >= 11 is 0. The van der Waals surface area contributed by atoms with Gasteiger partial charge in [-0.3, -0.25) is 4.68 Å². The van der Waals surface area contributed by atoms with Crippen molar-refractivity contribution < 1.29 is 14.6 Å². The minimum absolute atomic E-state index is 0.228. The number of rotatable bonds is 4. The van der Waals surface area contributed by atoms with Crippen molar-refractivity contribution in [1.82, 2.24) is 9.78 Å². The van der Waals surface area contributed by atoms with Gasteiger partial charge in [-0.1, -0.05) is 12.1 Å². The van der Waals surface area contributed by atoms with Gasteiger partial charge in [0.05, 0.1) is 19.9 Å². The molecular formula is C13H14N2O3. The lowest BCUT2D eigenvalue weighted by Gasteiger charge is -2.06. The number of aromatic nitrogens is 2. The Morgan fingerprint density at radius 3 is 2.61 bits per heavy atom. The minimum Gasteiger partial charge on any atom is -0.497 e. The second-order valence-electron chi connectivity index (χ2n) is 3.99. The van der Waals surface area contributed by atoms with Gasteiger partial charge in [-0.05, 0) is 24.6 Å². The number of carbonyl (C=O) groups is 1. The molecule has 1 aromatic carbocycles. The summed E-state index contributed by atoms with van der Waals surface area (Å²) in [5.74, 6) is -0.188. The summed E-state index contributed by atoms with van der Waals surface area (Å²) in [6, 6.07) is 7.46. The molecule has 0 bridgehead atoms. The standard InChI is InChI=1S/C13H14N2O3/c1-9-7-14-15(12(9)13(16)17)8-10-3-5-11(18-2)6-4-10/h3-7H,8H2,1-2H3,(H,16,17). The predicted molar refractivity (Wildman–Crippen MR) is 66.0 cm³/mol. The Balaban J connectivity index is 2.25. The summed E-state index contributed by atoms with van der Waals surface area (Å²) < 4.78 is 6.55. The van der Waals surface area contributed by atoms with Gasteiger partial charge >= 0.3 is 5.97 Å². The lowest BCUT2D eigenvalue weighted by Crippen LogP contribution is -2.11. The highest BCUT2D eigenvalue weighted by Gasteiger charge is 2.14. The molecular weight excluding hydrogens is 232 g/mol. The van der Waals surface area contributed by atoms with Crippen LogP contribution in [0.1, 0.15) is 21.6 Å². The van der Waals surface area contributed by atoms with E-state index in [2.05, 4.69) is 5.10 Å². The van der Waals surface area contributed by atoms with Crippen molar-refractivity contribution in [3.8, 4) is 5.75 Å². The number of hydrogen-bond acceptors (Lipinski definition) is 3. The fourth-order valence-electron chi connectivity index (χ4n) is 1.78. The van der Waals surface area contributed by atoms with E-state index in [1.165, 1.54) is 4.68 Å². The lowest BCUT2D eigenvalue weighted by molar-refractivity contribution is 0.0683. The monoisotopic (exact) mass is 246 g/mol. The molecule has 0 saturated heterocycles. The third-order valence-corrected chi connectivity index (χ3v) is 2.72. The van der Waals surface area contributed by atoms with Crippen LogP contribution in [0.5, 0.6) is 5.75 Å². The molecule has 0 atom stereocenters. The van der Waals surface area contributed by atoms with Crippen LogP contribution in [-0.4, -0.2) is 28.0 Å². The summed E-state index contributed by atoms with van der Waals surface area (Å²) in [6.07, 6.45) is 1.56. The smallest absolute Gasteiger partial charge is 0.354 e. The van der Waals surface area contributed by atoms with Crippen molar-refractivity contribution in [2.75, 3.05) is 7.11 Å². The van der Waals surface area contributed by atoms with Crippen LogP contribution in [-0.2, 0) is 6.54 Å². The summed E-state index contributed by atoms with van der Waals surface area (Å²) in [6.45, 7) is 2.17. The van der Waals surface area contributed by atoms with Crippen LogP contribution in [0.2, 0.25) is 0 Å². The molecule has 5 nitrogen and oxygen atoms in total. The third kappa shape index (κ3) is 2.34. The summed E-state index contributed by atoms with van der Waals surface area (Å²) in [4.78, 5) is 11.1. The Bertz CT molecular complexity index is 558. The highest BCUT2D eigenvalue weighted by molar-refractivity contribution is 5.87. The quantitative estimate of drug-likeness (QED) is 0.895. The van der Waals surface area contributed by atoms with E-state index >= 15 is 0 Å². The molecule has 18 heavy (non-hydrogen) atoms. The maximum absolute atomic E-state index is 11.1. The van der Waals surface area contributed by atoms with Gasteiger partial charge in [0.2, 0.25) is 0 Å². The number of nitrogens with zero attached hydrogens (tertiary/aromatic N) is 2. The SMILES string of the molecule is COc1ccc(Cn2ncc(C)c2C(=O)O)cc1. The Labute approximate surface area is 105 Å². The van der Waals surface area contributed by atoms with Crippen molar-refractivity contribution in [1.29, 1.82) is 0 Å². The molecule has 2 rings (SSSR count). The number of benzene rings is 1. The number of methoxy groups -OCH3 is 1. The summed E-state index contributed by atoms with van der Waals surface area (Å²) in [5.41, 5.74) is 1.86. The van der Waals surface area contributed by atoms with Crippen molar-refractivity contribution in [3.05, 3.63) is 47.3 Å². The second kappa shape index (κ2) is 4.91. The number of ether oxygens (including phenoxy) is 1. The van der Waals surface area contributed by atoms with E-state index in [9.17, 15) is 4.79 Å². The number of carboxylic acids is 1. The zero-order valence-electron chi connectivity index (χ0n) is 10.3. The molecule has 0 radical (unpaired) electrons. The summed E-state index contributed by atoms with van der Waals surface area (Å²) in [7, 11) is 1.61. The molecule has 5 heteroatoms. The van der Waals surface area contributed by atoms with Crippen molar-refractivity contribution in [2.45, 2.75) is 13.5 Å². The Morgan fingerprint density at radius 2 is 2.06 bits per heavy atom. The van der Waals surface area contributed by atoms with Crippen LogP contribution in [0, 0.1) is 6.92 Å². The zero-order valence-corrected chi connectivity index (χ0v) is 10.3. The number of hydrogen-bond donors (Lipinski definition) is 1. The van der Waals surface area contributed by atoms with Gasteiger partial charge in [0.25, 0.3) is 0 Å². The first-order chi connectivity index (χ1) is 8.61. The average molecular weight is 246 g/mol. The minimum atomic E-state index is -0.960. The highest BCUT2D eigenvalue weighted by Crippen LogP contribution is 2.14. The molecule has 0 saturated carbocycles. The summed E-state index contributed by atoms with van der Waals surface area (Å²) in [5, 5.41) is 13.2. The van der Waals surface area contributed by atoms with Gasteiger partial charge in [0.1, 0.15) is 11.4 Å². The van der Waals surface area contributed by atoms with Crippen LogP contribution >= 0.6 is 0 Å². The van der Waals surface area contributed by atoms with Crippen molar-refractivity contribution in [2.24, 2.45) is 0 Å². The van der Waals surface area contributed by atoms with Crippen molar-refractivity contribution >= 4 is 5.97 Å². The van der Waals surface area contributed by atoms with E-state index in [1.54, 1.807) is 20.2 Å². The first kappa shape index (κ1) is 12.2. The van der Waals surface area contributed by atoms with Gasteiger partial charge < -0.3 is 9.84 Å². The van der Waals surface area contributed by atoms with Crippen LogP contribution in [0.15, 0.2) is 30.5 Å². The van der Waals surface area contributed by atoms with E-state index in [4.69, 9.17) is 9.84 Å². The Kier molecular flexibility index (Phi) is 3.32. The van der Waals surface area contributed by atoms with Gasteiger partial charge in [0, 0.05) is 5.56 Å². The molecule has 0 aliphatic heterocycles. The molecule has 2 aromatic rings. The van der Waals surface area contributed by atoms with Gasteiger partial charge in [-0.2, -0.15) is 5.10 Å². The normalized spacial score (nSPS) is 10.3. The fraction of sp³-hybridized carbons (Fsp3) is 0.231. The van der Waals surface area contributed by atoms with Crippen LogP contribution in [0.3, 0.4) is 0 Å². The second-order valence-corrected chi connectivity index (χ2v) is 3.99. The largest absolute Gasteiger partial charge is 0.497 e. The number of aryl methyl sites for hydroxylation is 1. The average Bonchev–Trinajstić information content (AvgIpc) is 2.71. The number of carboxylic acid groups (broad SMARTS) is 1. The van der Waals surface area contributed by atoms with E-state index in [0.29, 0.717) is 12.1 Å². The third-order valence-electron chi connectivity index (χ3n) is 2.72. The van der Waals surface area contributed by atoms with Gasteiger partial charge in [0.15, 0.2) is 0 Å². The zero-order chi connectivity index (χ0) is 13.1. The molecule has 94 valence electrons. The molecule has 0 spiro atoms. The van der Waals surface area contributed by atoms with E-state index in [0.717, 1.165) is 11.3 Å². The first-order valence-electron chi connectivity index (χ1n) is 5.50. The topological polar surface area (TPSA) is 64.4 Å². The van der Waals surface area contributed by atoms with Gasteiger partial charge in [-0.15, -0.1) is 0 Å². The molecule has 0 aliphatic rings. The van der Waals surface area contributed by atoms with Crippen LogP contribution < -0.4 is 4.74 Å². The van der Waals surface area contributed by atoms with Gasteiger partial charge in [-0.25, -0.2) is 4.79 Å². The molecule has 1 N–H and O–H groups in total. The Hall–Kier alpha value is -2.30.